The first-order valence-electron chi connectivity index (χ1n) is 7.20. The maximum atomic E-state index is 13.8. The molecule has 1 aromatic heterocycles. The van der Waals surface area contributed by atoms with E-state index in [9.17, 15) is 14.0 Å². The quantitative estimate of drug-likeness (QED) is 0.430. The molecule has 130 valence electrons. The minimum atomic E-state index is -0.991. The van der Waals surface area contributed by atoms with Crippen LogP contribution >= 0.6 is 13.5 Å². The molecule has 7 heteroatoms. The van der Waals surface area contributed by atoms with Crippen molar-refractivity contribution in [1.29, 1.82) is 0 Å². The normalized spacial score (nSPS) is 10.2. The van der Waals surface area contributed by atoms with Crippen LogP contribution in [0.15, 0.2) is 48.7 Å². The van der Waals surface area contributed by atoms with Gasteiger partial charge >= 0.3 is 5.97 Å². The predicted octanol–water partition coefficient (Wildman–Crippen LogP) is 3.35. The number of aromatic amines is 1. The number of halogens is 1. The maximum absolute atomic E-state index is 13.8. The minimum Gasteiger partial charge on any atom is -0.488 e. The van der Waals surface area contributed by atoms with Crippen LogP contribution in [0.4, 0.5) is 4.39 Å². The van der Waals surface area contributed by atoms with Crippen molar-refractivity contribution >= 4 is 36.2 Å². The Labute approximate surface area is 150 Å². The Kier molecular flexibility index (Phi) is 5.82. The molecule has 0 bridgehead atoms. The van der Waals surface area contributed by atoms with Gasteiger partial charge in [-0.15, -0.1) is 0 Å². The highest BCUT2D eigenvalue weighted by Crippen LogP contribution is 2.31. The topological polar surface area (TPSA) is 68.4 Å². The fourth-order valence-electron chi connectivity index (χ4n) is 2.43. The van der Waals surface area contributed by atoms with Gasteiger partial charge in [0.1, 0.15) is 18.2 Å². The molecular weight excluding hydrogens is 345 g/mol. The van der Waals surface area contributed by atoms with Crippen molar-refractivity contribution in [1.82, 2.24) is 4.98 Å². The Morgan fingerprint density at radius 3 is 2.56 bits per heavy atom. The lowest BCUT2D eigenvalue weighted by Gasteiger charge is -2.09. The zero-order valence-electron chi connectivity index (χ0n) is 13.3. The summed E-state index contributed by atoms with van der Waals surface area (Å²) in [5.41, 5.74) is 1.34. The van der Waals surface area contributed by atoms with Crippen LogP contribution < -0.4 is 4.74 Å². The van der Waals surface area contributed by atoms with Gasteiger partial charge in [-0.3, -0.25) is 4.79 Å². The van der Waals surface area contributed by atoms with Crippen LogP contribution in [-0.2, 0) is 16.1 Å². The summed E-state index contributed by atoms with van der Waals surface area (Å²) in [6.07, 6.45) is 1.35. The van der Waals surface area contributed by atoms with E-state index in [4.69, 9.17) is 4.74 Å². The Bertz CT molecular complexity index is 908. The molecule has 0 amide bonds. The lowest BCUT2D eigenvalue weighted by molar-refractivity contribution is -0.135. The van der Waals surface area contributed by atoms with Gasteiger partial charge in [-0.2, -0.15) is 13.5 Å². The molecule has 3 rings (SSSR count). The van der Waals surface area contributed by atoms with E-state index in [-0.39, 0.29) is 31.4 Å². The van der Waals surface area contributed by atoms with Crippen LogP contribution in [0.1, 0.15) is 15.9 Å². The number of ketones is 1. The molecule has 0 aliphatic rings. The van der Waals surface area contributed by atoms with Crippen molar-refractivity contribution in [3.8, 4) is 5.75 Å². The number of fused-ring (bicyclic) bond motifs is 1. The summed E-state index contributed by atoms with van der Waals surface area (Å²) in [5.74, 6) is -2.14. The van der Waals surface area contributed by atoms with Crippen molar-refractivity contribution in [3.63, 3.8) is 0 Å². The Balaban J connectivity index is 0.00000225. The van der Waals surface area contributed by atoms with Gasteiger partial charge in [0.05, 0.1) is 23.6 Å². The average molecular weight is 361 g/mol. The van der Waals surface area contributed by atoms with Crippen molar-refractivity contribution in [2.24, 2.45) is 0 Å². The lowest BCUT2D eigenvalue weighted by atomic mass is 10.1. The van der Waals surface area contributed by atoms with Crippen molar-refractivity contribution in [2.45, 2.75) is 6.61 Å². The highest BCUT2D eigenvalue weighted by molar-refractivity contribution is 7.59. The average Bonchev–Trinajstić information content (AvgIpc) is 3.02. The molecule has 1 heterocycles. The number of carbonyl (C=O) groups is 2. The number of H-pyrrole nitrogens is 1. The zero-order valence-corrected chi connectivity index (χ0v) is 14.3. The number of benzene rings is 2. The minimum absolute atomic E-state index is 0. The molecule has 0 radical (unpaired) electrons. The van der Waals surface area contributed by atoms with Crippen molar-refractivity contribution in [3.05, 3.63) is 65.6 Å². The van der Waals surface area contributed by atoms with Gasteiger partial charge in [-0.25, -0.2) is 9.18 Å². The fraction of sp³-hybridized carbons (Fsp3) is 0.111. The first kappa shape index (κ1) is 18.5. The van der Waals surface area contributed by atoms with Crippen LogP contribution in [0.5, 0.6) is 5.75 Å². The number of methoxy groups -OCH3 is 1. The molecule has 0 atom stereocenters. The first-order valence-corrected chi connectivity index (χ1v) is 7.20. The van der Waals surface area contributed by atoms with Crippen LogP contribution in [0.3, 0.4) is 0 Å². The highest BCUT2D eigenvalue weighted by atomic mass is 32.1. The number of hydrogen-bond donors (Lipinski definition) is 1. The van der Waals surface area contributed by atoms with Crippen molar-refractivity contribution in [2.75, 3.05) is 7.11 Å². The van der Waals surface area contributed by atoms with Gasteiger partial charge in [0.2, 0.25) is 0 Å². The molecule has 0 unspecified atom stereocenters. The van der Waals surface area contributed by atoms with Gasteiger partial charge < -0.3 is 14.5 Å². The van der Waals surface area contributed by atoms with E-state index in [0.29, 0.717) is 10.9 Å². The maximum Gasteiger partial charge on any atom is 0.379 e. The molecule has 0 spiro atoms. The van der Waals surface area contributed by atoms with E-state index < -0.39 is 17.6 Å². The van der Waals surface area contributed by atoms with Crippen molar-refractivity contribution < 1.29 is 23.5 Å². The number of Topliss-reactive ketones (excluding diaryl/α,β-unsaturated/α-hetero) is 1. The second-order valence-electron chi connectivity index (χ2n) is 5.12. The SMILES string of the molecule is COC(=O)C(=O)c1c[nH]c2cc(F)cc(OCc3ccccc3)c12.S. The van der Waals surface area contributed by atoms with Gasteiger partial charge in [-0.05, 0) is 11.6 Å². The smallest absolute Gasteiger partial charge is 0.379 e. The number of carbonyl (C=O) groups excluding carboxylic acids is 2. The molecule has 2 aromatic carbocycles. The molecule has 0 saturated heterocycles. The van der Waals surface area contributed by atoms with E-state index in [0.717, 1.165) is 12.7 Å². The van der Waals surface area contributed by atoms with E-state index in [1.54, 1.807) is 0 Å². The van der Waals surface area contributed by atoms with E-state index in [2.05, 4.69) is 9.72 Å². The summed E-state index contributed by atoms with van der Waals surface area (Å²) in [6.45, 7) is 0.205. The van der Waals surface area contributed by atoms with Crippen LogP contribution in [-0.4, -0.2) is 23.8 Å². The van der Waals surface area contributed by atoms with Gasteiger partial charge in [0.25, 0.3) is 5.78 Å². The fourth-order valence-corrected chi connectivity index (χ4v) is 2.43. The number of hydrogen-bond acceptors (Lipinski definition) is 4. The second-order valence-corrected chi connectivity index (χ2v) is 5.12. The monoisotopic (exact) mass is 361 g/mol. The molecule has 0 fully saturated rings. The Hall–Kier alpha value is -2.80. The predicted molar refractivity (Wildman–Crippen MR) is 95.8 cm³/mol. The summed E-state index contributed by atoms with van der Waals surface area (Å²) in [7, 11) is 1.13. The summed E-state index contributed by atoms with van der Waals surface area (Å²) < 4.78 is 23.9. The molecule has 25 heavy (non-hydrogen) atoms. The number of ether oxygens (including phenoxy) is 2. The zero-order chi connectivity index (χ0) is 17.1. The molecule has 0 aliphatic carbocycles. The van der Waals surface area contributed by atoms with Gasteiger partial charge in [0.15, 0.2) is 0 Å². The van der Waals surface area contributed by atoms with Crippen LogP contribution in [0, 0.1) is 5.82 Å². The Morgan fingerprint density at radius 2 is 1.88 bits per heavy atom. The standard InChI is InChI=1S/C18H14FNO4.H2S/c1-23-18(22)17(21)13-9-20-14-7-12(19)8-15(16(13)14)24-10-11-5-3-2-4-6-11;/h2-9,20H,10H2,1H3;1H2. The molecule has 5 nitrogen and oxygen atoms in total. The third kappa shape index (κ3) is 3.83. The van der Waals surface area contributed by atoms with Crippen LogP contribution in [0.25, 0.3) is 10.9 Å². The third-order valence-electron chi connectivity index (χ3n) is 3.56. The number of aromatic nitrogens is 1. The van der Waals surface area contributed by atoms with Gasteiger partial charge in [0, 0.05) is 12.3 Å². The molecule has 0 saturated carbocycles. The van der Waals surface area contributed by atoms with E-state index >= 15 is 0 Å². The summed E-state index contributed by atoms with van der Waals surface area (Å²) >= 11 is 0. The van der Waals surface area contributed by atoms with Crippen LogP contribution in [0.2, 0.25) is 0 Å². The Morgan fingerprint density at radius 1 is 1.16 bits per heavy atom. The number of nitrogens with one attached hydrogen (secondary N) is 1. The number of esters is 1. The van der Waals surface area contributed by atoms with Gasteiger partial charge in [-0.1, -0.05) is 30.3 Å². The van der Waals surface area contributed by atoms with E-state index in [1.807, 2.05) is 30.3 Å². The molecular formula is C18H16FNO4S. The molecule has 0 aliphatic heterocycles. The first-order chi connectivity index (χ1) is 11.6. The second kappa shape index (κ2) is 7.85. The third-order valence-corrected chi connectivity index (χ3v) is 3.56. The highest BCUT2D eigenvalue weighted by Gasteiger charge is 2.23. The largest absolute Gasteiger partial charge is 0.488 e. The molecule has 3 aromatic rings. The lowest BCUT2D eigenvalue weighted by Crippen LogP contribution is -2.15. The molecule has 1 N–H and O–H groups in total. The van der Waals surface area contributed by atoms with E-state index in [1.165, 1.54) is 18.3 Å². The summed E-state index contributed by atoms with van der Waals surface area (Å²) in [4.78, 5) is 26.4. The summed E-state index contributed by atoms with van der Waals surface area (Å²) in [6, 6.07) is 11.8. The summed E-state index contributed by atoms with van der Waals surface area (Å²) in [5, 5.41) is 0.350. The number of rotatable bonds is 5.